The molecule has 1 aliphatic heterocycles. The van der Waals surface area contributed by atoms with Gasteiger partial charge in [-0.05, 0) is 31.0 Å². The van der Waals surface area contributed by atoms with Crippen LogP contribution < -0.4 is 5.32 Å². The number of halogens is 1. The van der Waals surface area contributed by atoms with Crippen LogP contribution in [0.3, 0.4) is 0 Å². The zero-order valence-corrected chi connectivity index (χ0v) is 16.2. The van der Waals surface area contributed by atoms with Gasteiger partial charge in [0.05, 0.1) is 23.8 Å². The molecule has 0 bridgehead atoms. The van der Waals surface area contributed by atoms with Crippen molar-refractivity contribution in [1.29, 1.82) is 0 Å². The number of aryl methyl sites for hydroxylation is 1. The second-order valence-electron chi connectivity index (χ2n) is 7.51. The summed E-state index contributed by atoms with van der Waals surface area (Å²) < 4.78 is 7.98. The number of rotatable bonds is 4. The molecule has 134 valence electrons. The van der Waals surface area contributed by atoms with E-state index in [-0.39, 0.29) is 16.1 Å². The number of hydrogen-bond acceptors (Lipinski definition) is 4. The Labute approximate surface area is 160 Å². The van der Waals surface area contributed by atoms with Gasteiger partial charge in [-0.3, -0.25) is 0 Å². The van der Waals surface area contributed by atoms with E-state index in [4.69, 9.17) is 4.74 Å². The summed E-state index contributed by atoms with van der Waals surface area (Å²) in [7, 11) is 0. The number of fused-ring (bicyclic) bond motifs is 1. The highest BCUT2D eigenvalue weighted by Crippen LogP contribution is 2.63. The molecular weight excluding hydrogens is 392 g/mol. The third-order valence-corrected chi connectivity index (χ3v) is 7.06. The van der Waals surface area contributed by atoms with E-state index in [0.717, 1.165) is 30.4 Å². The molecule has 3 atom stereocenters. The fourth-order valence-corrected chi connectivity index (χ4v) is 5.09. The van der Waals surface area contributed by atoms with E-state index in [1.807, 2.05) is 22.9 Å². The van der Waals surface area contributed by atoms with Crippen LogP contribution in [-0.2, 0) is 15.8 Å². The molecule has 5 nitrogen and oxygen atoms in total. The number of para-hydroxylation sites is 1. The normalized spacial score (nSPS) is 30.3. The van der Waals surface area contributed by atoms with E-state index < -0.39 is 0 Å². The summed E-state index contributed by atoms with van der Waals surface area (Å²) in [5.74, 6) is 0. The van der Waals surface area contributed by atoms with E-state index in [2.05, 4.69) is 68.8 Å². The van der Waals surface area contributed by atoms with Gasteiger partial charge in [-0.15, -0.1) is 5.10 Å². The molecule has 1 aromatic heterocycles. The molecule has 1 spiro atoms. The Balaban J connectivity index is 1.29. The van der Waals surface area contributed by atoms with Gasteiger partial charge in [0.2, 0.25) is 0 Å². The molecule has 3 unspecified atom stereocenters. The van der Waals surface area contributed by atoms with Crippen molar-refractivity contribution in [1.82, 2.24) is 20.3 Å². The third kappa shape index (κ3) is 2.51. The molecule has 6 heteroatoms. The Morgan fingerprint density at radius 2 is 2.04 bits per heavy atom. The Morgan fingerprint density at radius 1 is 1.23 bits per heavy atom. The maximum Gasteiger partial charge on any atom is 0.139 e. The topological polar surface area (TPSA) is 52.0 Å². The minimum atomic E-state index is -0.224. The SMILES string of the molecule is Cc1ccc(COC2CNC3(C2)CC3(Br)n2nnc3ccccc32)cc1. The fraction of sp³-hybridized carbons (Fsp3) is 0.400. The highest BCUT2D eigenvalue weighted by atomic mass is 79.9. The van der Waals surface area contributed by atoms with Crippen LogP contribution in [0.15, 0.2) is 48.5 Å². The van der Waals surface area contributed by atoms with Crippen LogP contribution in [0.1, 0.15) is 24.0 Å². The molecule has 1 aliphatic carbocycles. The van der Waals surface area contributed by atoms with Gasteiger partial charge >= 0.3 is 0 Å². The summed E-state index contributed by atoms with van der Waals surface area (Å²) in [4.78, 5) is 0. The second kappa shape index (κ2) is 5.87. The predicted molar refractivity (Wildman–Crippen MR) is 104 cm³/mol. The molecule has 1 saturated carbocycles. The summed E-state index contributed by atoms with van der Waals surface area (Å²) >= 11 is 3.96. The molecule has 2 heterocycles. The maximum absolute atomic E-state index is 6.17. The quantitative estimate of drug-likeness (QED) is 0.666. The Hall–Kier alpha value is -1.76. The van der Waals surface area contributed by atoms with Crippen molar-refractivity contribution in [3.8, 4) is 0 Å². The van der Waals surface area contributed by atoms with Crippen molar-refractivity contribution in [3.05, 3.63) is 59.7 Å². The molecule has 3 aromatic rings. The molecule has 2 aromatic carbocycles. The van der Waals surface area contributed by atoms with Crippen molar-refractivity contribution in [2.24, 2.45) is 0 Å². The summed E-state index contributed by atoms with van der Waals surface area (Å²) in [5, 5.41) is 12.4. The highest BCUT2D eigenvalue weighted by molar-refractivity contribution is 9.09. The van der Waals surface area contributed by atoms with Gasteiger partial charge in [-0.2, -0.15) is 0 Å². The first kappa shape index (κ1) is 16.4. The first-order valence-corrected chi connectivity index (χ1v) is 9.81. The molecule has 26 heavy (non-hydrogen) atoms. The van der Waals surface area contributed by atoms with Crippen LogP contribution >= 0.6 is 15.9 Å². The number of ether oxygens (including phenoxy) is 1. The highest BCUT2D eigenvalue weighted by Gasteiger charge is 2.71. The van der Waals surface area contributed by atoms with Crippen LogP contribution in [0.25, 0.3) is 11.0 Å². The van der Waals surface area contributed by atoms with E-state index in [9.17, 15) is 0 Å². The number of hydrogen-bond donors (Lipinski definition) is 1. The average molecular weight is 413 g/mol. The van der Waals surface area contributed by atoms with Crippen molar-refractivity contribution >= 4 is 27.0 Å². The van der Waals surface area contributed by atoms with Crippen LogP contribution in [0.2, 0.25) is 0 Å². The van der Waals surface area contributed by atoms with Gasteiger partial charge in [-0.1, -0.05) is 63.1 Å². The lowest BCUT2D eigenvalue weighted by molar-refractivity contribution is 0.0515. The first-order chi connectivity index (χ1) is 12.6. The molecular formula is C20H21BrN4O. The lowest BCUT2D eigenvalue weighted by Gasteiger charge is -2.17. The standard InChI is InChI=1S/C20H21BrN4O/c1-14-6-8-15(9-7-14)12-26-16-10-19(22-11-16)13-20(19,21)25-18-5-3-2-4-17(18)23-24-25/h2-9,16,22H,10-13H2,1H3. The number of alkyl halides is 1. The number of nitrogens with zero attached hydrogens (tertiary/aromatic N) is 3. The van der Waals surface area contributed by atoms with Gasteiger partial charge in [0.15, 0.2) is 0 Å². The van der Waals surface area contributed by atoms with Crippen molar-refractivity contribution in [3.63, 3.8) is 0 Å². The van der Waals surface area contributed by atoms with Crippen LogP contribution in [0, 0.1) is 6.92 Å². The van der Waals surface area contributed by atoms with Gasteiger partial charge < -0.3 is 10.1 Å². The summed E-state index contributed by atoms with van der Waals surface area (Å²) in [6.07, 6.45) is 2.17. The largest absolute Gasteiger partial charge is 0.372 e. The summed E-state index contributed by atoms with van der Waals surface area (Å²) in [5.41, 5.74) is 4.48. The Kier molecular flexibility index (Phi) is 3.71. The van der Waals surface area contributed by atoms with Gasteiger partial charge in [-0.25, -0.2) is 4.68 Å². The Morgan fingerprint density at radius 3 is 2.88 bits per heavy atom. The minimum Gasteiger partial charge on any atom is -0.372 e. The van der Waals surface area contributed by atoms with E-state index in [1.165, 1.54) is 11.1 Å². The van der Waals surface area contributed by atoms with Crippen LogP contribution in [0.5, 0.6) is 0 Å². The molecule has 2 fully saturated rings. The molecule has 0 amide bonds. The molecule has 5 rings (SSSR count). The van der Waals surface area contributed by atoms with Gasteiger partial charge in [0.1, 0.15) is 9.96 Å². The van der Waals surface area contributed by atoms with E-state index in [1.54, 1.807) is 0 Å². The molecule has 1 N–H and O–H groups in total. The average Bonchev–Trinajstić information content (AvgIpc) is 2.99. The lowest BCUT2D eigenvalue weighted by Crippen LogP contribution is -2.34. The van der Waals surface area contributed by atoms with Gasteiger partial charge in [0, 0.05) is 13.0 Å². The summed E-state index contributed by atoms with van der Waals surface area (Å²) in [6.45, 7) is 3.63. The molecule has 0 radical (unpaired) electrons. The summed E-state index contributed by atoms with van der Waals surface area (Å²) in [6, 6.07) is 16.6. The number of aromatic nitrogens is 3. The smallest absolute Gasteiger partial charge is 0.139 e. The van der Waals surface area contributed by atoms with Crippen LogP contribution in [-0.4, -0.2) is 33.2 Å². The van der Waals surface area contributed by atoms with Crippen LogP contribution in [0.4, 0.5) is 0 Å². The van der Waals surface area contributed by atoms with Crippen molar-refractivity contribution in [2.75, 3.05) is 6.54 Å². The molecule has 1 saturated heterocycles. The monoisotopic (exact) mass is 412 g/mol. The second-order valence-corrected chi connectivity index (χ2v) is 8.82. The number of benzene rings is 2. The predicted octanol–water partition coefficient (Wildman–Crippen LogP) is 3.51. The maximum atomic E-state index is 6.17. The van der Waals surface area contributed by atoms with Crippen molar-refractivity contribution < 1.29 is 4.74 Å². The van der Waals surface area contributed by atoms with E-state index in [0.29, 0.717) is 6.61 Å². The fourth-order valence-electron chi connectivity index (χ4n) is 4.05. The third-order valence-electron chi connectivity index (χ3n) is 5.68. The minimum absolute atomic E-state index is 0.0125. The van der Waals surface area contributed by atoms with Crippen molar-refractivity contribution in [2.45, 2.75) is 42.5 Å². The zero-order valence-electron chi connectivity index (χ0n) is 14.7. The zero-order chi connectivity index (χ0) is 17.8. The Bertz CT molecular complexity index is 956. The first-order valence-electron chi connectivity index (χ1n) is 9.02. The van der Waals surface area contributed by atoms with Gasteiger partial charge in [0.25, 0.3) is 0 Å². The molecule has 2 aliphatic rings. The van der Waals surface area contributed by atoms with E-state index >= 15 is 0 Å². The lowest BCUT2D eigenvalue weighted by atomic mass is 10.1. The number of nitrogens with one attached hydrogen (secondary N) is 1.